The van der Waals surface area contributed by atoms with Crippen molar-refractivity contribution in [2.24, 2.45) is 5.92 Å². The Morgan fingerprint density at radius 3 is 2.96 bits per heavy atom. The fraction of sp³-hybridized carbons (Fsp3) is 0.500. The summed E-state index contributed by atoms with van der Waals surface area (Å²) >= 11 is 1.87. The highest BCUT2D eigenvalue weighted by Gasteiger charge is 2.30. The van der Waals surface area contributed by atoms with Gasteiger partial charge >= 0.3 is 0 Å². The van der Waals surface area contributed by atoms with Crippen molar-refractivity contribution >= 4 is 17.6 Å². The molecule has 2 aromatic heterocycles. The van der Waals surface area contributed by atoms with E-state index in [0.29, 0.717) is 12.5 Å². The van der Waals surface area contributed by atoms with Crippen molar-refractivity contribution in [2.75, 3.05) is 23.7 Å². The van der Waals surface area contributed by atoms with Gasteiger partial charge in [-0.2, -0.15) is 16.9 Å². The Balaban J connectivity index is 1.45. The van der Waals surface area contributed by atoms with Gasteiger partial charge in [-0.05, 0) is 18.2 Å². The van der Waals surface area contributed by atoms with Crippen molar-refractivity contribution < 1.29 is 0 Å². The van der Waals surface area contributed by atoms with Crippen LogP contribution in [0.15, 0.2) is 23.3 Å². The summed E-state index contributed by atoms with van der Waals surface area (Å²) in [6, 6.07) is 1.78. The molecular weight excluding hydrogens is 310 g/mol. The van der Waals surface area contributed by atoms with Crippen LogP contribution in [-0.2, 0) is 18.7 Å². The molecule has 0 unspecified atom stereocenters. The van der Waals surface area contributed by atoms with Gasteiger partial charge in [-0.3, -0.25) is 9.78 Å². The number of thioether (sulfide) groups is 1. The quantitative estimate of drug-likeness (QED) is 0.845. The second-order valence-corrected chi connectivity index (χ2v) is 7.28. The number of aryl methyl sites for hydroxylation is 2. The van der Waals surface area contributed by atoms with Gasteiger partial charge in [-0.25, -0.2) is 9.67 Å². The molecule has 1 fully saturated rings. The standard InChI is InChI=1S/C16H19N5OS/c1-11-16(18-4-3-17-11)20-7-12(8-20)9-21-15(22)6-13-10-23-5-2-14(13)19-21/h3-4,6,12H,2,5,7-10H2,1H3. The van der Waals surface area contributed by atoms with Crippen molar-refractivity contribution in [1.29, 1.82) is 0 Å². The molecule has 2 aliphatic rings. The van der Waals surface area contributed by atoms with Crippen LogP contribution in [0.5, 0.6) is 0 Å². The molecule has 0 aromatic carbocycles. The Bertz CT molecular complexity index is 784. The lowest BCUT2D eigenvalue weighted by Gasteiger charge is -2.40. The highest BCUT2D eigenvalue weighted by molar-refractivity contribution is 7.98. The number of hydrogen-bond donors (Lipinski definition) is 0. The van der Waals surface area contributed by atoms with Crippen LogP contribution in [0.2, 0.25) is 0 Å². The Labute approximate surface area is 138 Å². The molecule has 0 aliphatic carbocycles. The van der Waals surface area contributed by atoms with Gasteiger partial charge in [-0.15, -0.1) is 0 Å². The average Bonchev–Trinajstić information content (AvgIpc) is 2.52. The van der Waals surface area contributed by atoms with Crippen LogP contribution in [0.3, 0.4) is 0 Å². The molecule has 0 radical (unpaired) electrons. The number of aromatic nitrogens is 4. The number of nitrogens with zero attached hydrogens (tertiary/aromatic N) is 5. The molecule has 6 nitrogen and oxygen atoms in total. The summed E-state index contributed by atoms with van der Waals surface area (Å²) in [5.74, 6) is 3.41. The fourth-order valence-corrected chi connectivity index (χ4v) is 4.15. The molecule has 0 atom stereocenters. The fourth-order valence-electron chi connectivity index (χ4n) is 3.20. The van der Waals surface area contributed by atoms with Gasteiger partial charge < -0.3 is 4.90 Å². The van der Waals surface area contributed by atoms with E-state index in [-0.39, 0.29) is 5.56 Å². The molecule has 120 valence electrons. The molecular formula is C16H19N5OS. The summed E-state index contributed by atoms with van der Waals surface area (Å²) in [4.78, 5) is 23.1. The number of hydrogen-bond acceptors (Lipinski definition) is 6. The summed E-state index contributed by atoms with van der Waals surface area (Å²) in [7, 11) is 0. The molecule has 2 aromatic rings. The third-order valence-corrected chi connectivity index (χ3v) is 5.46. The molecule has 0 N–H and O–H groups in total. The largest absolute Gasteiger partial charge is 0.354 e. The van der Waals surface area contributed by atoms with Gasteiger partial charge in [0.25, 0.3) is 5.56 Å². The topological polar surface area (TPSA) is 63.9 Å². The van der Waals surface area contributed by atoms with Gasteiger partial charge in [0.1, 0.15) is 5.82 Å². The van der Waals surface area contributed by atoms with Gasteiger partial charge in [0.05, 0.1) is 17.9 Å². The third-order valence-electron chi connectivity index (χ3n) is 4.45. The van der Waals surface area contributed by atoms with E-state index >= 15 is 0 Å². The predicted molar refractivity (Wildman–Crippen MR) is 90.8 cm³/mol. The van der Waals surface area contributed by atoms with E-state index in [1.54, 1.807) is 23.1 Å². The van der Waals surface area contributed by atoms with E-state index in [4.69, 9.17) is 0 Å². The number of rotatable bonds is 3. The minimum atomic E-state index is 0.0281. The first kappa shape index (κ1) is 14.7. The van der Waals surface area contributed by atoms with Crippen molar-refractivity contribution in [3.8, 4) is 0 Å². The van der Waals surface area contributed by atoms with Crippen LogP contribution in [0.25, 0.3) is 0 Å². The highest BCUT2D eigenvalue weighted by Crippen LogP contribution is 2.25. The van der Waals surface area contributed by atoms with E-state index in [2.05, 4.69) is 20.0 Å². The summed E-state index contributed by atoms with van der Waals surface area (Å²) in [6.07, 6.45) is 4.41. The molecule has 2 aliphatic heterocycles. The Morgan fingerprint density at radius 2 is 2.13 bits per heavy atom. The number of anilines is 1. The second-order valence-electron chi connectivity index (χ2n) is 6.18. The second kappa shape index (κ2) is 5.96. The summed E-state index contributed by atoms with van der Waals surface area (Å²) in [5.41, 5.74) is 3.20. The maximum Gasteiger partial charge on any atom is 0.267 e. The maximum absolute atomic E-state index is 12.2. The zero-order valence-electron chi connectivity index (χ0n) is 13.1. The van der Waals surface area contributed by atoms with Crippen molar-refractivity contribution in [3.05, 3.63) is 45.8 Å². The first-order valence-electron chi connectivity index (χ1n) is 7.91. The van der Waals surface area contributed by atoms with Crippen molar-refractivity contribution in [2.45, 2.75) is 25.6 Å². The Kier molecular flexibility index (Phi) is 3.80. The van der Waals surface area contributed by atoms with Gasteiger partial charge in [0.15, 0.2) is 0 Å². The maximum atomic E-state index is 12.2. The molecule has 23 heavy (non-hydrogen) atoms. The SMILES string of the molecule is Cc1nccnc1N1CC(Cn2nc3c(cc2=O)CSCC3)C1. The average molecular weight is 329 g/mol. The zero-order chi connectivity index (χ0) is 15.8. The van der Waals surface area contributed by atoms with Crippen LogP contribution in [0.1, 0.15) is 17.0 Å². The van der Waals surface area contributed by atoms with E-state index in [1.807, 2.05) is 18.7 Å². The first-order chi connectivity index (χ1) is 11.2. The molecule has 0 amide bonds. The van der Waals surface area contributed by atoms with E-state index in [9.17, 15) is 4.79 Å². The third kappa shape index (κ3) is 2.85. The molecule has 1 saturated heterocycles. The van der Waals surface area contributed by atoms with Gasteiger partial charge in [-0.1, -0.05) is 0 Å². The van der Waals surface area contributed by atoms with E-state index in [0.717, 1.165) is 53.8 Å². The first-order valence-corrected chi connectivity index (χ1v) is 9.06. The van der Waals surface area contributed by atoms with Crippen LogP contribution >= 0.6 is 11.8 Å². The van der Waals surface area contributed by atoms with Crippen LogP contribution in [-0.4, -0.2) is 38.6 Å². The predicted octanol–water partition coefficient (Wildman–Crippen LogP) is 1.27. The molecule has 0 spiro atoms. The van der Waals surface area contributed by atoms with Gasteiger partial charge in [0.2, 0.25) is 0 Å². The van der Waals surface area contributed by atoms with Crippen LogP contribution in [0.4, 0.5) is 5.82 Å². The van der Waals surface area contributed by atoms with Gasteiger partial charge in [0, 0.05) is 49.6 Å². The molecule has 4 heterocycles. The minimum Gasteiger partial charge on any atom is -0.354 e. The lowest BCUT2D eigenvalue weighted by atomic mass is 10.00. The zero-order valence-corrected chi connectivity index (χ0v) is 13.9. The normalized spacial score (nSPS) is 17.7. The lowest BCUT2D eigenvalue weighted by Crippen LogP contribution is -2.50. The molecule has 0 saturated carbocycles. The Hall–Kier alpha value is -1.89. The van der Waals surface area contributed by atoms with E-state index in [1.165, 1.54) is 0 Å². The van der Waals surface area contributed by atoms with Crippen molar-refractivity contribution in [1.82, 2.24) is 19.7 Å². The summed E-state index contributed by atoms with van der Waals surface area (Å²) < 4.78 is 1.65. The van der Waals surface area contributed by atoms with Crippen LogP contribution < -0.4 is 10.5 Å². The molecule has 0 bridgehead atoms. The van der Waals surface area contributed by atoms with Crippen molar-refractivity contribution in [3.63, 3.8) is 0 Å². The summed E-state index contributed by atoms with van der Waals surface area (Å²) in [6.45, 7) is 4.47. The monoisotopic (exact) mass is 329 g/mol. The van der Waals surface area contributed by atoms with E-state index < -0.39 is 0 Å². The number of fused-ring (bicyclic) bond motifs is 1. The highest BCUT2D eigenvalue weighted by atomic mass is 32.2. The molecule has 7 heteroatoms. The molecule has 4 rings (SSSR count). The Morgan fingerprint density at radius 1 is 1.30 bits per heavy atom. The smallest absolute Gasteiger partial charge is 0.267 e. The summed E-state index contributed by atoms with van der Waals surface area (Å²) in [5, 5.41) is 4.59. The minimum absolute atomic E-state index is 0.0281. The van der Waals surface area contributed by atoms with Crippen LogP contribution in [0, 0.1) is 12.8 Å². The lowest BCUT2D eigenvalue weighted by molar-refractivity contribution is 0.330.